The van der Waals surface area contributed by atoms with Gasteiger partial charge in [-0.25, -0.2) is 0 Å². The predicted molar refractivity (Wildman–Crippen MR) is 93.5 cm³/mol. The van der Waals surface area contributed by atoms with Crippen LogP contribution in [-0.2, 0) is 9.59 Å². The first-order valence-electron chi connectivity index (χ1n) is 9.03. The highest BCUT2D eigenvalue weighted by Crippen LogP contribution is 2.36. The zero-order valence-corrected chi connectivity index (χ0v) is 14.8. The van der Waals surface area contributed by atoms with Gasteiger partial charge in [0, 0.05) is 32.7 Å². The zero-order chi connectivity index (χ0) is 16.1. The number of thioether (sulfide) groups is 1. The van der Waals surface area contributed by atoms with E-state index in [1.54, 1.807) is 0 Å². The number of nitrogens with one attached hydrogen (secondary N) is 1. The van der Waals surface area contributed by atoms with Crippen molar-refractivity contribution in [3.8, 4) is 0 Å². The van der Waals surface area contributed by atoms with Crippen molar-refractivity contribution in [2.75, 3.05) is 50.8 Å². The van der Waals surface area contributed by atoms with Crippen LogP contribution in [0.5, 0.6) is 0 Å². The summed E-state index contributed by atoms with van der Waals surface area (Å²) in [7, 11) is 0. The van der Waals surface area contributed by atoms with Crippen LogP contribution < -0.4 is 5.32 Å². The zero-order valence-electron chi connectivity index (χ0n) is 14.0. The Morgan fingerprint density at radius 2 is 1.48 bits per heavy atom. The number of hydrogen-bond acceptors (Lipinski definition) is 4. The highest BCUT2D eigenvalue weighted by Gasteiger charge is 2.37. The monoisotopic (exact) mass is 339 g/mol. The molecular weight excluding hydrogens is 310 g/mol. The Hall–Kier alpha value is -0.750. The van der Waals surface area contributed by atoms with E-state index >= 15 is 0 Å². The summed E-state index contributed by atoms with van der Waals surface area (Å²) in [5, 5.41) is 3.46. The molecular formula is C17H29N3O2S. The molecule has 3 heterocycles. The van der Waals surface area contributed by atoms with Gasteiger partial charge in [-0.3, -0.25) is 9.59 Å². The van der Waals surface area contributed by atoms with E-state index in [-0.39, 0.29) is 11.8 Å². The van der Waals surface area contributed by atoms with E-state index in [2.05, 4.69) is 5.32 Å². The van der Waals surface area contributed by atoms with Gasteiger partial charge in [-0.1, -0.05) is 0 Å². The highest BCUT2D eigenvalue weighted by molar-refractivity contribution is 8.00. The number of carbonyl (C=O) groups excluding carboxylic acids is 2. The number of rotatable bonds is 4. The van der Waals surface area contributed by atoms with Crippen molar-refractivity contribution < 1.29 is 9.59 Å². The summed E-state index contributed by atoms with van der Waals surface area (Å²) in [5.41, 5.74) is 0.453. The largest absolute Gasteiger partial charge is 0.342 e. The summed E-state index contributed by atoms with van der Waals surface area (Å²) >= 11 is 1.49. The third-order valence-corrected chi connectivity index (χ3v) is 6.57. The molecule has 0 atom stereocenters. The van der Waals surface area contributed by atoms with E-state index in [0.717, 1.165) is 65.0 Å². The molecule has 0 saturated carbocycles. The first-order chi connectivity index (χ1) is 11.2. The van der Waals surface area contributed by atoms with Gasteiger partial charge in [-0.2, -0.15) is 0 Å². The van der Waals surface area contributed by atoms with Gasteiger partial charge in [0.1, 0.15) is 0 Å². The van der Waals surface area contributed by atoms with Gasteiger partial charge >= 0.3 is 0 Å². The van der Waals surface area contributed by atoms with E-state index in [9.17, 15) is 9.59 Å². The molecule has 3 aliphatic heterocycles. The third-order valence-electron chi connectivity index (χ3n) is 5.67. The summed E-state index contributed by atoms with van der Waals surface area (Å²) in [6.45, 7) is 5.82. The topological polar surface area (TPSA) is 52.7 Å². The molecule has 0 aromatic carbocycles. The van der Waals surface area contributed by atoms with Gasteiger partial charge in [0.05, 0.1) is 11.5 Å². The van der Waals surface area contributed by atoms with E-state index in [1.807, 2.05) is 9.80 Å². The summed E-state index contributed by atoms with van der Waals surface area (Å²) in [6, 6.07) is 0. The van der Waals surface area contributed by atoms with Crippen molar-refractivity contribution in [2.24, 2.45) is 5.41 Å². The van der Waals surface area contributed by atoms with Crippen LogP contribution in [-0.4, -0.2) is 72.4 Å². The lowest BCUT2D eigenvalue weighted by molar-refractivity contribution is -0.130. The molecule has 1 spiro atoms. The second-order valence-corrected chi connectivity index (χ2v) is 8.23. The molecule has 2 amide bonds. The highest BCUT2D eigenvalue weighted by atomic mass is 32.2. The Morgan fingerprint density at radius 1 is 0.870 bits per heavy atom. The maximum absolute atomic E-state index is 12.3. The minimum Gasteiger partial charge on any atom is -0.342 e. The Morgan fingerprint density at radius 3 is 2.04 bits per heavy atom. The Kier molecular flexibility index (Phi) is 5.85. The molecule has 5 nitrogen and oxygen atoms in total. The van der Waals surface area contributed by atoms with Crippen molar-refractivity contribution >= 4 is 23.6 Å². The van der Waals surface area contributed by atoms with Crippen molar-refractivity contribution in [1.82, 2.24) is 15.1 Å². The van der Waals surface area contributed by atoms with Crippen molar-refractivity contribution in [3.63, 3.8) is 0 Å². The van der Waals surface area contributed by atoms with Crippen molar-refractivity contribution in [3.05, 3.63) is 0 Å². The number of amides is 2. The van der Waals surface area contributed by atoms with Gasteiger partial charge in [-0.05, 0) is 50.5 Å². The standard InChI is InChI=1S/C17H29N3O2S/c21-15(19-8-2-1-3-9-19)12-23-13-16(22)20-10-5-17(6-11-20)4-7-18-14-17/h18H,1-14H2. The van der Waals surface area contributed by atoms with Crippen LogP contribution in [0.25, 0.3) is 0 Å². The smallest absolute Gasteiger partial charge is 0.232 e. The SMILES string of the molecule is O=C(CSCC(=O)N1CCC2(CCNC2)CC1)N1CCCCC1. The van der Waals surface area contributed by atoms with Crippen LogP contribution in [0.4, 0.5) is 0 Å². The molecule has 23 heavy (non-hydrogen) atoms. The lowest BCUT2D eigenvalue weighted by atomic mass is 9.78. The lowest BCUT2D eigenvalue weighted by Gasteiger charge is -2.38. The first-order valence-corrected chi connectivity index (χ1v) is 10.2. The Bertz CT molecular complexity index is 422. The molecule has 0 aromatic rings. The first kappa shape index (κ1) is 17.1. The Balaban J connectivity index is 1.34. The Labute approximate surface area is 143 Å². The van der Waals surface area contributed by atoms with Gasteiger partial charge in [0.15, 0.2) is 0 Å². The van der Waals surface area contributed by atoms with E-state index in [4.69, 9.17) is 0 Å². The lowest BCUT2D eigenvalue weighted by Crippen LogP contribution is -2.44. The molecule has 3 fully saturated rings. The number of carbonyl (C=O) groups is 2. The molecule has 0 unspecified atom stereocenters. The fourth-order valence-corrected chi connectivity index (χ4v) is 4.82. The second kappa shape index (κ2) is 7.88. The number of likely N-dealkylation sites (tertiary alicyclic amines) is 2. The molecule has 0 aliphatic carbocycles. The average molecular weight is 340 g/mol. The van der Waals surface area contributed by atoms with Crippen LogP contribution in [0, 0.1) is 5.41 Å². The van der Waals surface area contributed by atoms with Gasteiger partial charge in [-0.15, -0.1) is 11.8 Å². The molecule has 1 N–H and O–H groups in total. The minimum absolute atomic E-state index is 0.206. The van der Waals surface area contributed by atoms with Crippen LogP contribution in [0.1, 0.15) is 38.5 Å². The normalized spacial score (nSPS) is 24.2. The molecule has 130 valence electrons. The van der Waals surface area contributed by atoms with Crippen LogP contribution in [0.15, 0.2) is 0 Å². The van der Waals surface area contributed by atoms with Crippen LogP contribution in [0.2, 0.25) is 0 Å². The fourth-order valence-electron chi connectivity index (χ4n) is 4.00. The molecule has 0 aromatic heterocycles. The average Bonchev–Trinajstić information content (AvgIpc) is 3.04. The van der Waals surface area contributed by atoms with Gasteiger partial charge in [0.2, 0.25) is 11.8 Å². The number of hydrogen-bond donors (Lipinski definition) is 1. The van der Waals surface area contributed by atoms with Gasteiger partial charge in [0.25, 0.3) is 0 Å². The summed E-state index contributed by atoms with van der Waals surface area (Å²) < 4.78 is 0. The maximum atomic E-state index is 12.3. The summed E-state index contributed by atoms with van der Waals surface area (Å²) in [5.74, 6) is 1.32. The molecule has 0 radical (unpaired) electrons. The van der Waals surface area contributed by atoms with Crippen LogP contribution >= 0.6 is 11.8 Å². The number of piperidine rings is 2. The summed E-state index contributed by atoms with van der Waals surface area (Å²) in [4.78, 5) is 28.4. The fraction of sp³-hybridized carbons (Fsp3) is 0.882. The van der Waals surface area contributed by atoms with Crippen molar-refractivity contribution in [2.45, 2.75) is 38.5 Å². The molecule has 3 rings (SSSR count). The van der Waals surface area contributed by atoms with E-state index in [1.165, 1.54) is 24.6 Å². The molecule has 3 aliphatic rings. The quantitative estimate of drug-likeness (QED) is 0.840. The maximum Gasteiger partial charge on any atom is 0.232 e. The van der Waals surface area contributed by atoms with Gasteiger partial charge < -0.3 is 15.1 Å². The van der Waals surface area contributed by atoms with Crippen molar-refractivity contribution in [1.29, 1.82) is 0 Å². The summed E-state index contributed by atoms with van der Waals surface area (Å²) in [6.07, 6.45) is 7.00. The predicted octanol–water partition coefficient (Wildman–Crippen LogP) is 1.33. The molecule has 3 saturated heterocycles. The van der Waals surface area contributed by atoms with E-state index in [0.29, 0.717) is 16.9 Å². The van der Waals surface area contributed by atoms with Crippen LogP contribution in [0.3, 0.4) is 0 Å². The third kappa shape index (κ3) is 4.41. The molecule has 0 bridgehead atoms. The minimum atomic E-state index is 0.206. The van der Waals surface area contributed by atoms with E-state index < -0.39 is 0 Å². The second-order valence-electron chi connectivity index (χ2n) is 7.24. The molecule has 6 heteroatoms. The number of nitrogens with zero attached hydrogens (tertiary/aromatic N) is 2.